The maximum Gasteiger partial charge on any atom is 0.229 e. The summed E-state index contributed by atoms with van der Waals surface area (Å²) < 4.78 is 13.8. The topological polar surface area (TPSA) is 70.2 Å². The number of rotatable bonds is 6. The zero-order chi connectivity index (χ0) is 21.0. The lowest BCUT2D eigenvalue weighted by atomic mass is 10.1. The van der Waals surface area contributed by atoms with Crippen LogP contribution in [0.4, 0.5) is 27.5 Å². The maximum absolute atomic E-state index is 13.8. The summed E-state index contributed by atoms with van der Waals surface area (Å²) in [6.45, 7) is 1.90. The molecule has 29 heavy (non-hydrogen) atoms. The van der Waals surface area contributed by atoms with E-state index in [9.17, 15) is 9.18 Å². The zero-order valence-corrected chi connectivity index (χ0v) is 17.1. The summed E-state index contributed by atoms with van der Waals surface area (Å²) in [7, 11) is 3.83. The van der Waals surface area contributed by atoms with E-state index in [1.807, 2.05) is 32.0 Å². The van der Waals surface area contributed by atoms with Crippen molar-refractivity contribution < 1.29 is 9.18 Å². The summed E-state index contributed by atoms with van der Waals surface area (Å²) in [4.78, 5) is 23.0. The van der Waals surface area contributed by atoms with Gasteiger partial charge in [-0.25, -0.2) is 9.37 Å². The normalized spacial score (nSPS) is 10.5. The van der Waals surface area contributed by atoms with E-state index in [1.165, 1.54) is 12.1 Å². The highest BCUT2D eigenvalue weighted by Gasteiger charge is 2.12. The van der Waals surface area contributed by atoms with Crippen LogP contribution in [0.15, 0.2) is 48.5 Å². The standard InChI is InChI=1S/C21H21ClFN5O/c1-13-11-19(28(2)3)27-21(24-13)26-15-9-7-14(8-10-15)25-20(29)12-16-17(22)5-4-6-18(16)23/h4-11H,12H2,1-3H3,(H,25,29)(H,24,26,27). The summed E-state index contributed by atoms with van der Waals surface area (Å²) in [5.74, 6) is 0.438. The van der Waals surface area contributed by atoms with Gasteiger partial charge in [0.15, 0.2) is 0 Å². The van der Waals surface area contributed by atoms with Crippen molar-refractivity contribution in [2.24, 2.45) is 0 Å². The number of anilines is 4. The highest BCUT2D eigenvalue weighted by Crippen LogP contribution is 2.21. The van der Waals surface area contributed by atoms with E-state index < -0.39 is 5.82 Å². The van der Waals surface area contributed by atoms with Crippen LogP contribution in [0.2, 0.25) is 5.02 Å². The SMILES string of the molecule is Cc1cc(N(C)C)nc(Nc2ccc(NC(=O)Cc3c(F)cccc3Cl)cc2)n1. The van der Waals surface area contributed by atoms with Gasteiger partial charge in [0, 0.05) is 47.8 Å². The van der Waals surface area contributed by atoms with Crippen LogP contribution in [0.3, 0.4) is 0 Å². The van der Waals surface area contributed by atoms with Crippen molar-refractivity contribution in [1.82, 2.24) is 9.97 Å². The van der Waals surface area contributed by atoms with Crippen LogP contribution in [0, 0.1) is 12.7 Å². The number of nitrogens with one attached hydrogen (secondary N) is 2. The van der Waals surface area contributed by atoms with E-state index in [-0.39, 0.29) is 22.9 Å². The highest BCUT2D eigenvalue weighted by atomic mass is 35.5. The minimum atomic E-state index is -0.498. The molecule has 0 fully saturated rings. The Morgan fingerprint density at radius 2 is 1.79 bits per heavy atom. The Morgan fingerprint density at radius 3 is 2.45 bits per heavy atom. The summed E-state index contributed by atoms with van der Waals surface area (Å²) in [5.41, 5.74) is 2.39. The number of aryl methyl sites for hydroxylation is 1. The minimum Gasteiger partial charge on any atom is -0.363 e. The van der Waals surface area contributed by atoms with Crippen molar-refractivity contribution in [2.75, 3.05) is 29.6 Å². The monoisotopic (exact) mass is 413 g/mol. The molecule has 6 nitrogen and oxygen atoms in total. The zero-order valence-electron chi connectivity index (χ0n) is 16.3. The Kier molecular flexibility index (Phi) is 6.29. The fourth-order valence-corrected chi connectivity index (χ4v) is 2.90. The van der Waals surface area contributed by atoms with E-state index in [0.29, 0.717) is 11.6 Å². The fourth-order valence-electron chi connectivity index (χ4n) is 2.67. The van der Waals surface area contributed by atoms with Crippen LogP contribution < -0.4 is 15.5 Å². The molecule has 1 aromatic heterocycles. The van der Waals surface area contributed by atoms with Crippen molar-refractivity contribution in [2.45, 2.75) is 13.3 Å². The molecule has 0 radical (unpaired) electrons. The van der Waals surface area contributed by atoms with E-state index in [1.54, 1.807) is 30.3 Å². The van der Waals surface area contributed by atoms with Crippen LogP contribution in [0.1, 0.15) is 11.3 Å². The van der Waals surface area contributed by atoms with Crippen LogP contribution in [-0.2, 0) is 11.2 Å². The number of hydrogen-bond donors (Lipinski definition) is 2. The van der Waals surface area contributed by atoms with Crippen molar-refractivity contribution >= 4 is 40.6 Å². The van der Waals surface area contributed by atoms with Gasteiger partial charge in [-0.1, -0.05) is 17.7 Å². The molecule has 0 saturated heterocycles. The number of amides is 1. The molecule has 0 bridgehead atoms. The van der Waals surface area contributed by atoms with E-state index in [4.69, 9.17) is 11.6 Å². The van der Waals surface area contributed by atoms with Crippen molar-refractivity contribution in [3.8, 4) is 0 Å². The first-order valence-corrected chi connectivity index (χ1v) is 9.32. The van der Waals surface area contributed by atoms with E-state index in [0.717, 1.165) is 17.2 Å². The van der Waals surface area contributed by atoms with Crippen LogP contribution >= 0.6 is 11.6 Å². The van der Waals surface area contributed by atoms with Gasteiger partial charge < -0.3 is 15.5 Å². The molecule has 0 aliphatic carbocycles. The Balaban J connectivity index is 1.65. The first-order valence-electron chi connectivity index (χ1n) is 8.94. The Hall–Kier alpha value is -3.19. The lowest BCUT2D eigenvalue weighted by molar-refractivity contribution is -0.115. The fraction of sp³-hybridized carbons (Fsp3) is 0.190. The Labute approximate surface area is 173 Å². The summed E-state index contributed by atoms with van der Waals surface area (Å²) in [6, 6.07) is 13.3. The number of carbonyl (C=O) groups is 1. The average molecular weight is 414 g/mol. The van der Waals surface area contributed by atoms with Crippen LogP contribution in [-0.4, -0.2) is 30.0 Å². The second-order valence-electron chi connectivity index (χ2n) is 6.71. The second kappa shape index (κ2) is 8.87. The molecular weight excluding hydrogens is 393 g/mol. The number of nitrogens with zero attached hydrogens (tertiary/aromatic N) is 3. The molecule has 8 heteroatoms. The molecular formula is C21H21ClFN5O. The van der Waals surface area contributed by atoms with Gasteiger partial charge in [0.2, 0.25) is 11.9 Å². The molecule has 0 atom stereocenters. The summed E-state index contributed by atoms with van der Waals surface area (Å²) >= 11 is 5.97. The number of hydrogen-bond acceptors (Lipinski definition) is 5. The predicted molar refractivity (Wildman–Crippen MR) is 115 cm³/mol. The summed E-state index contributed by atoms with van der Waals surface area (Å²) in [6.07, 6.45) is -0.143. The van der Waals surface area contributed by atoms with Gasteiger partial charge in [0.1, 0.15) is 11.6 Å². The number of benzene rings is 2. The molecule has 0 saturated carbocycles. The number of aromatic nitrogens is 2. The lowest BCUT2D eigenvalue weighted by Gasteiger charge is -2.14. The molecule has 2 N–H and O–H groups in total. The Morgan fingerprint density at radius 1 is 1.10 bits per heavy atom. The predicted octanol–water partition coefficient (Wildman–Crippen LogP) is 4.57. The molecule has 0 unspecified atom stereocenters. The third-order valence-corrected chi connectivity index (χ3v) is 4.48. The molecule has 3 rings (SSSR count). The van der Waals surface area contributed by atoms with Gasteiger partial charge in [-0.05, 0) is 43.3 Å². The largest absolute Gasteiger partial charge is 0.363 e. The number of carbonyl (C=O) groups excluding carboxylic acids is 1. The minimum absolute atomic E-state index is 0.143. The molecule has 150 valence electrons. The van der Waals surface area contributed by atoms with Gasteiger partial charge in [-0.3, -0.25) is 4.79 Å². The van der Waals surface area contributed by atoms with Crippen LogP contribution in [0.5, 0.6) is 0 Å². The van der Waals surface area contributed by atoms with Gasteiger partial charge >= 0.3 is 0 Å². The van der Waals surface area contributed by atoms with Crippen molar-refractivity contribution in [3.05, 3.63) is 70.6 Å². The first kappa shape index (κ1) is 20.5. The van der Waals surface area contributed by atoms with Gasteiger partial charge in [0.05, 0.1) is 6.42 Å². The molecule has 2 aromatic carbocycles. The average Bonchev–Trinajstić information content (AvgIpc) is 2.66. The lowest BCUT2D eigenvalue weighted by Crippen LogP contribution is -2.15. The summed E-state index contributed by atoms with van der Waals surface area (Å²) in [5, 5.41) is 6.12. The molecule has 1 heterocycles. The molecule has 0 aliphatic rings. The van der Waals surface area contributed by atoms with Crippen LogP contribution in [0.25, 0.3) is 0 Å². The molecule has 1 amide bonds. The highest BCUT2D eigenvalue weighted by molar-refractivity contribution is 6.31. The van der Waals surface area contributed by atoms with Crippen molar-refractivity contribution in [3.63, 3.8) is 0 Å². The number of halogens is 2. The molecule has 0 aliphatic heterocycles. The Bertz CT molecular complexity index is 1000. The quantitative estimate of drug-likeness (QED) is 0.619. The molecule has 3 aromatic rings. The van der Waals surface area contributed by atoms with Gasteiger partial charge in [-0.15, -0.1) is 0 Å². The first-order chi connectivity index (χ1) is 13.8. The smallest absolute Gasteiger partial charge is 0.229 e. The maximum atomic E-state index is 13.8. The second-order valence-corrected chi connectivity index (χ2v) is 7.12. The third-order valence-electron chi connectivity index (χ3n) is 4.12. The van der Waals surface area contributed by atoms with Crippen molar-refractivity contribution in [1.29, 1.82) is 0 Å². The van der Waals surface area contributed by atoms with E-state index in [2.05, 4.69) is 20.6 Å². The van der Waals surface area contributed by atoms with Gasteiger partial charge in [-0.2, -0.15) is 4.98 Å². The van der Waals surface area contributed by atoms with Gasteiger partial charge in [0.25, 0.3) is 0 Å². The van der Waals surface area contributed by atoms with E-state index >= 15 is 0 Å². The molecule has 0 spiro atoms. The third kappa shape index (κ3) is 5.42.